The summed E-state index contributed by atoms with van der Waals surface area (Å²) < 4.78 is 0. The van der Waals surface area contributed by atoms with Crippen LogP contribution in [0.2, 0.25) is 10.0 Å². The summed E-state index contributed by atoms with van der Waals surface area (Å²) >= 11 is 11.8. The van der Waals surface area contributed by atoms with Gasteiger partial charge >= 0.3 is 0 Å². The Labute approximate surface area is 107 Å². The lowest BCUT2D eigenvalue weighted by atomic mass is 10.2. The lowest BCUT2D eigenvalue weighted by Gasteiger charge is -2.12. The van der Waals surface area contributed by atoms with Crippen molar-refractivity contribution in [3.05, 3.63) is 28.2 Å². The third-order valence-corrected chi connectivity index (χ3v) is 2.86. The zero-order valence-electron chi connectivity index (χ0n) is 9.69. The molecule has 0 bridgehead atoms. The van der Waals surface area contributed by atoms with E-state index in [2.05, 4.69) is 24.5 Å². The maximum Gasteiger partial charge on any atom is 0.0441 e. The molecule has 1 atom stereocenters. The Hall–Kier alpha value is -0.440. The molecule has 0 aliphatic carbocycles. The van der Waals surface area contributed by atoms with Crippen molar-refractivity contribution < 1.29 is 0 Å². The van der Waals surface area contributed by atoms with Gasteiger partial charge in [-0.3, -0.25) is 0 Å². The van der Waals surface area contributed by atoms with E-state index in [0.717, 1.165) is 25.2 Å². The molecule has 2 N–H and O–H groups in total. The fourth-order valence-electron chi connectivity index (χ4n) is 1.33. The van der Waals surface area contributed by atoms with Gasteiger partial charge in [0.05, 0.1) is 0 Å². The first-order chi connectivity index (χ1) is 7.61. The van der Waals surface area contributed by atoms with Crippen molar-refractivity contribution in [2.24, 2.45) is 0 Å². The summed E-state index contributed by atoms with van der Waals surface area (Å²) in [5.41, 5.74) is 0.962. The standard InChI is InChI=1S/C12H18Cl2N2/c1-3-9(2)15-4-5-16-12-7-10(13)6-11(14)8-12/h6-9,15-16H,3-5H2,1-2H3. The summed E-state index contributed by atoms with van der Waals surface area (Å²) in [5.74, 6) is 0. The maximum absolute atomic E-state index is 5.90. The number of hydrogen-bond donors (Lipinski definition) is 2. The average molecular weight is 261 g/mol. The summed E-state index contributed by atoms with van der Waals surface area (Å²) in [4.78, 5) is 0. The van der Waals surface area contributed by atoms with Crippen LogP contribution in [0.5, 0.6) is 0 Å². The number of halogens is 2. The first-order valence-electron chi connectivity index (χ1n) is 5.55. The van der Waals surface area contributed by atoms with Crippen LogP contribution in [0.3, 0.4) is 0 Å². The van der Waals surface area contributed by atoms with Crippen LogP contribution in [0.15, 0.2) is 18.2 Å². The van der Waals surface area contributed by atoms with Gasteiger partial charge < -0.3 is 10.6 Å². The average Bonchev–Trinajstić information content (AvgIpc) is 2.22. The molecular formula is C12H18Cl2N2. The van der Waals surface area contributed by atoms with E-state index in [1.165, 1.54) is 0 Å². The Bertz CT molecular complexity index is 309. The van der Waals surface area contributed by atoms with E-state index >= 15 is 0 Å². The van der Waals surface area contributed by atoms with Crippen molar-refractivity contribution in [2.45, 2.75) is 26.3 Å². The van der Waals surface area contributed by atoms with Crippen molar-refractivity contribution in [3.63, 3.8) is 0 Å². The topological polar surface area (TPSA) is 24.1 Å². The van der Waals surface area contributed by atoms with Crippen molar-refractivity contribution in [3.8, 4) is 0 Å². The minimum Gasteiger partial charge on any atom is -0.384 e. The lowest BCUT2D eigenvalue weighted by molar-refractivity contribution is 0.546. The van der Waals surface area contributed by atoms with Crippen LogP contribution in [-0.2, 0) is 0 Å². The summed E-state index contributed by atoms with van der Waals surface area (Å²) in [5, 5.41) is 7.99. The molecule has 0 radical (unpaired) electrons. The molecule has 0 saturated carbocycles. The van der Waals surface area contributed by atoms with Crippen LogP contribution >= 0.6 is 23.2 Å². The van der Waals surface area contributed by atoms with E-state index in [0.29, 0.717) is 16.1 Å². The van der Waals surface area contributed by atoms with Crippen LogP contribution in [0, 0.1) is 0 Å². The number of benzene rings is 1. The van der Waals surface area contributed by atoms with E-state index in [-0.39, 0.29) is 0 Å². The van der Waals surface area contributed by atoms with Gasteiger partial charge in [0.15, 0.2) is 0 Å². The van der Waals surface area contributed by atoms with Crippen LogP contribution in [0.25, 0.3) is 0 Å². The van der Waals surface area contributed by atoms with Gasteiger partial charge in [-0.25, -0.2) is 0 Å². The van der Waals surface area contributed by atoms with E-state index in [1.807, 2.05) is 12.1 Å². The second-order valence-electron chi connectivity index (χ2n) is 3.85. The molecular weight excluding hydrogens is 243 g/mol. The second-order valence-corrected chi connectivity index (χ2v) is 4.72. The third kappa shape index (κ3) is 5.06. The molecule has 1 aromatic carbocycles. The van der Waals surface area contributed by atoms with Gasteiger partial charge in [-0.05, 0) is 31.5 Å². The van der Waals surface area contributed by atoms with Gasteiger partial charge in [-0.1, -0.05) is 30.1 Å². The highest BCUT2D eigenvalue weighted by Gasteiger charge is 1.98. The number of rotatable bonds is 6. The van der Waals surface area contributed by atoms with Gasteiger partial charge in [-0.15, -0.1) is 0 Å². The molecule has 0 aliphatic heterocycles. The van der Waals surface area contributed by atoms with Crippen molar-refractivity contribution in [1.82, 2.24) is 5.32 Å². The molecule has 0 aliphatic rings. The minimum absolute atomic E-state index is 0.560. The van der Waals surface area contributed by atoms with Crippen molar-refractivity contribution in [1.29, 1.82) is 0 Å². The normalized spacial score (nSPS) is 12.5. The predicted octanol–water partition coefficient (Wildman–Crippen LogP) is 3.79. The first-order valence-corrected chi connectivity index (χ1v) is 6.30. The van der Waals surface area contributed by atoms with Crippen molar-refractivity contribution in [2.75, 3.05) is 18.4 Å². The zero-order chi connectivity index (χ0) is 12.0. The molecule has 0 amide bonds. The molecule has 90 valence electrons. The van der Waals surface area contributed by atoms with E-state index in [1.54, 1.807) is 6.07 Å². The van der Waals surface area contributed by atoms with Crippen LogP contribution in [-0.4, -0.2) is 19.1 Å². The Morgan fingerprint density at radius 3 is 2.31 bits per heavy atom. The molecule has 1 aromatic rings. The van der Waals surface area contributed by atoms with Gasteiger partial charge in [0, 0.05) is 34.9 Å². The predicted molar refractivity (Wildman–Crippen MR) is 72.7 cm³/mol. The van der Waals surface area contributed by atoms with E-state index in [9.17, 15) is 0 Å². The third-order valence-electron chi connectivity index (χ3n) is 2.42. The molecule has 0 saturated heterocycles. The molecule has 1 rings (SSSR count). The Morgan fingerprint density at radius 2 is 1.75 bits per heavy atom. The lowest BCUT2D eigenvalue weighted by Crippen LogP contribution is -2.30. The fourth-order valence-corrected chi connectivity index (χ4v) is 1.85. The minimum atomic E-state index is 0.560. The SMILES string of the molecule is CCC(C)NCCNc1cc(Cl)cc(Cl)c1. The Balaban J connectivity index is 2.32. The molecule has 16 heavy (non-hydrogen) atoms. The second kappa shape index (κ2) is 7.00. The molecule has 2 nitrogen and oxygen atoms in total. The highest BCUT2D eigenvalue weighted by Crippen LogP contribution is 2.22. The summed E-state index contributed by atoms with van der Waals surface area (Å²) in [6.07, 6.45) is 1.14. The molecule has 0 heterocycles. The Morgan fingerprint density at radius 1 is 1.12 bits per heavy atom. The molecule has 1 unspecified atom stereocenters. The summed E-state index contributed by atoms with van der Waals surface area (Å²) in [7, 11) is 0. The molecule has 4 heteroatoms. The first kappa shape index (κ1) is 13.6. The summed E-state index contributed by atoms with van der Waals surface area (Å²) in [6.45, 7) is 6.14. The largest absolute Gasteiger partial charge is 0.384 e. The number of anilines is 1. The van der Waals surface area contributed by atoms with Crippen LogP contribution < -0.4 is 10.6 Å². The summed E-state index contributed by atoms with van der Waals surface area (Å²) in [6, 6.07) is 6.03. The number of nitrogens with one attached hydrogen (secondary N) is 2. The fraction of sp³-hybridized carbons (Fsp3) is 0.500. The van der Waals surface area contributed by atoms with Crippen molar-refractivity contribution >= 4 is 28.9 Å². The number of hydrogen-bond acceptors (Lipinski definition) is 2. The Kier molecular flexibility index (Phi) is 5.96. The molecule has 0 spiro atoms. The highest BCUT2D eigenvalue weighted by atomic mass is 35.5. The quantitative estimate of drug-likeness (QED) is 0.761. The highest BCUT2D eigenvalue weighted by molar-refractivity contribution is 6.35. The monoisotopic (exact) mass is 260 g/mol. The van der Waals surface area contributed by atoms with E-state index < -0.39 is 0 Å². The van der Waals surface area contributed by atoms with Gasteiger partial charge in [0.25, 0.3) is 0 Å². The zero-order valence-corrected chi connectivity index (χ0v) is 11.2. The maximum atomic E-state index is 5.90. The molecule has 0 fully saturated rings. The van der Waals surface area contributed by atoms with Crippen LogP contribution in [0.4, 0.5) is 5.69 Å². The smallest absolute Gasteiger partial charge is 0.0441 e. The van der Waals surface area contributed by atoms with Gasteiger partial charge in [0.2, 0.25) is 0 Å². The van der Waals surface area contributed by atoms with E-state index in [4.69, 9.17) is 23.2 Å². The molecule has 0 aromatic heterocycles. The van der Waals surface area contributed by atoms with Gasteiger partial charge in [0.1, 0.15) is 0 Å². The van der Waals surface area contributed by atoms with Crippen LogP contribution in [0.1, 0.15) is 20.3 Å². The van der Waals surface area contributed by atoms with Gasteiger partial charge in [-0.2, -0.15) is 0 Å².